The molecule has 0 radical (unpaired) electrons. The molecule has 0 spiro atoms. The summed E-state index contributed by atoms with van der Waals surface area (Å²) in [7, 11) is 0. The van der Waals surface area contributed by atoms with Crippen molar-refractivity contribution in [2.24, 2.45) is 0 Å². The molecule has 7 rings (SSSR count). The Morgan fingerprint density at radius 2 is 1.64 bits per heavy atom. The van der Waals surface area contributed by atoms with E-state index in [9.17, 15) is 0 Å². The van der Waals surface area contributed by atoms with Gasteiger partial charge < -0.3 is 4.90 Å². The van der Waals surface area contributed by atoms with Crippen LogP contribution in [-0.2, 0) is 5.54 Å². The summed E-state index contributed by atoms with van der Waals surface area (Å²) in [6, 6.07) is 20.9. The maximum absolute atomic E-state index is 5.05. The molecule has 6 aromatic rings. The minimum atomic E-state index is -0.736. The lowest BCUT2D eigenvalue weighted by molar-refractivity contribution is 0.493. The van der Waals surface area contributed by atoms with Gasteiger partial charge in [0.15, 0.2) is 0 Å². The van der Waals surface area contributed by atoms with Gasteiger partial charge in [0.1, 0.15) is 5.54 Å². The van der Waals surface area contributed by atoms with Crippen molar-refractivity contribution in [3.8, 4) is 0 Å². The highest BCUT2D eigenvalue weighted by molar-refractivity contribution is 7.10. The van der Waals surface area contributed by atoms with E-state index in [1.165, 1.54) is 4.88 Å². The molecule has 6 nitrogen and oxygen atoms in total. The molecule has 6 aromatic heterocycles. The summed E-state index contributed by atoms with van der Waals surface area (Å²) in [6.07, 6.45) is 14.6. The summed E-state index contributed by atoms with van der Waals surface area (Å²) in [5.74, 6) is -0.151. The fourth-order valence-electron chi connectivity index (χ4n) is 5.67. The van der Waals surface area contributed by atoms with Crippen molar-refractivity contribution in [3.05, 3.63) is 154 Å². The highest BCUT2D eigenvalue weighted by Gasteiger charge is 2.58. The first kappa shape index (κ1) is 23.6. The van der Waals surface area contributed by atoms with Crippen molar-refractivity contribution in [2.75, 3.05) is 4.90 Å². The van der Waals surface area contributed by atoms with E-state index < -0.39 is 5.54 Å². The van der Waals surface area contributed by atoms with E-state index in [1.807, 2.05) is 49.3 Å². The van der Waals surface area contributed by atoms with Crippen molar-refractivity contribution in [1.82, 2.24) is 24.9 Å². The van der Waals surface area contributed by atoms with Crippen molar-refractivity contribution in [3.63, 3.8) is 0 Å². The lowest BCUT2D eigenvalue weighted by Gasteiger charge is -2.44. The van der Waals surface area contributed by atoms with Gasteiger partial charge in [-0.1, -0.05) is 12.1 Å². The van der Waals surface area contributed by atoms with Gasteiger partial charge in [-0.2, -0.15) is 11.3 Å². The Balaban J connectivity index is 1.69. The Labute approximate surface area is 234 Å². The fraction of sp³-hybridized carbons (Fsp3) is 0.0645. The molecule has 7 heterocycles. The molecule has 0 fully saturated rings. The summed E-state index contributed by atoms with van der Waals surface area (Å²) in [5.41, 5.74) is 6.28. The Morgan fingerprint density at radius 3 is 2.33 bits per heavy atom. The van der Waals surface area contributed by atoms with Gasteiger partial charge in [-0.3, -0.25) is 24.9 Å². The largest absolute Gasteiger partial charge is 0.322 e. The van der Waals surface area contributed by atoms with Crippen molar-refractivity contribution >= 4 is 39.6 Å². The van der Waals surface area contributed by atoms with Gasteiger partial charge in [0.2, 0.25) is 0 Å². The van der Waals surface area contributed by atoms with Crippen molar-refractivity contribution in [1.29, 1.82) is 0 Å². The van der Waals surface area contributed by atoms with E-state index in [-0.39, 0.29) is 5.92 Å². The Kier molecular flexibility index (Phi) is 6.03. The average Bonchev–Trinajstić information content (AvgIpc) is 3.79. The van der Waals surface area contributed by atoms with Crippen LogP contribution in [0.1, 0.15) is 33.3 Å². The average molecular weight is 543 g/mol. The van der Waals surface area contributed by atoms with Gasteiger partial charge in [0.05, 0.1) is 41.1 Å². The summed E-state index contributed by atoms with van der Waals surface area (Å²) in [6.45, 7) is 0. The van der Waals surface area contributed by atoms with Gasteiger partial charge >= 0.3 is 0 Å². The zero-order chi connectivity index (χ0) is 26.1. The molecular weight excluding hydrogens is 521 g/mol. The topological polar surface area (TPSA) is 67.7 Å². The van der Waals surface area contributed by atoms with Crippen LogP contribution in [0.2, 0.25) is 0 Å². The number of hydrogen-bond donors (Lipinski definition) is 0. The number of nitrogens with zero attached hydrogens (tertiary/aromatic N) is 6. The maximum atomic E-state index is 5.05. The third-order valence-corrected chi connectivity index (χ3v) is 8.70. The fourth-order valence-corrected chi connectivity index (χ4v) is 7.28. The highest BCUT2D eigenvalue weighted by atomic mass is 32.1. The number of aromatic nitrogens is 5. The molecule has 0 saturated carbocycles. The summed E-state index contributed by atoms with van der Waals surface area (Å²) >= 11 is 3.43. The van der Waals surface area contributed by atoms with Gasteiger partial charge in [-0.15, -0.1) is 11.3 Å². The lowest BCUT2D eigenvalue weighted by atomic mass is 9.73. The Morgan fingerprint density at radius 1 is 0.718 bits per heavy atom. The van der Waals surface area contributed by atoms with Crippen LogP contribution in [-0.4, -0.2) is 24.9 Å². The van der Waals surface area contributed by atoms with Crippen LogP contribution < -0.4 is 4.90 Å². The van der Waals surface area contributed by atoms with Crippen LogP contribution in [0.5, 0.6) is 0 Å². The van der Waals surface area contributed by atoms with E-state index in [1.54, 1.807) is 35.1 Å². The standard InChI is InChI=1S/C31H22N6S2/c1-2-12-36-27(7-1)31(23-10-18-38-21-23)29(26-6-4-17-39-26)28(25-20-34-15-16-35-25)30(22-8-13-32-14-9-22)37(31)24-5-3-11-33-19-24/h1-21,29H. The quantitative estimate of drug-likeness (QED) is 0.228. The van der Waals surface area contributed by atoms with Gasteiger partial charge in [0.25, 0.3) is 0 Å². The second-order valence-electron chi connectivity index (χ2n) is 9.08. The minimum absolute atomic E-state index is 0.151. The lowest BCUT2D eigenvalue weighted by Crippen LogP contribution is -2.47. The van der Waals surface area contributed by atoms with Gasteiger partial charge in [0, 0.05) is 53.2 Å². The highest BCUT2D eigenvalue weighted by Crippen LogP contribution is 2.63. The predicted octanol–water partition coefficient (Wildman–Crippen LogP) is 6.90. The molecular formula is C31H22N6S2. The number of hydrogen-bond acceptors (Lipinski definition) is 8. The zero-order valence-corrected chi connectivity index (χ0v) is 22.3. The number of pyridine rings is 3. The molecule has 188 valence electrons. The van der Waals surface area contributed by atoms with E-state index in [0.29, 0.717) is 0 Å². The van der Waals surface area contributed by atoms with Gasteiger partial charge in [-0.05, 0) is 70.2 Å². The maximum Gasteiger partial charge on any atom is 0.125 e. The predicted molar refractivity (Wildman–Crippen MR) is 156 cm³/mol. The molecule has 0 N–H and O–H groups in total. The monoisotopic (exact) mass is 542 g/mol. The number of anilines is 1. The molecule has 0 amide bonds. The molecule has 39 heavy (non-hydrogen) atoms. The summed E-state index contributed by atoms with van der Waals surface area (Å²) < 4.78 is 0. The SMILES string of the molecule is c1ccc(C2(c3ccsc3)C(c3cccs3)C(c3cnccn3)=C(c3ccncc3)N2c2cccnc2)nc1. The zero-order valence-electron chi connectivity index (χ0n) is 20.7. The minimum Gasteiger partial charge on any atom is -0.322 e. The third-order valence-electron chi connectivity index (χ3n) is 7.08. The van der Waals surface area contributed by atoms with Crippen LogP contribution in [0.25, 0.3) is 11.3 Å². The van der Waals surface area contributed by atoms with Crippen LogP contribution in [0.15, 0.2) is 126 Å². The Hall–Kier alpha value is -4.53. The molecule has 0 bridgehead atoms. The third kappa shape index (κ3) is 3.79. The summed E-state index contributed by atoms with van der Waals surface area (Å²) in [4.78, 5) is 27.0. The van der Waals surface area contributed by atoms with Crippen LogP contribution in [0.3, 0.4) is 0 Å². The van der Waals surface area contributed by atoms with E-state index in [2.05, 4.69) is 84.5 Å². The number of thiophene rings is 2. The smallest absolute Gasteiger partial charge is 0.125 e. The van der Waals surface area contributed by atoms with E-state index in [4.69, 9.17) is 9.97 Å². The summed E-state index contributed by atoms with van der Waals surface area (Å²) in [5, 5.41) is 6.51. The first-order valence-corrected chi connectivity index (χ1v) is 14.3. The molecule has 2 unspecified atom stereocenters. The Bertz CT molecular complexity index is 1690. The van der Waals surface area contributed by atoms with Crippen LogP contribution >= 0.6 is 22.7 Å². The molecule has 2 atom stereocenters. The molecule has 8 heteroatoms. The molecule has 0 aromatic carbocycles. The van der Waals surface area contributed by atoms with Crippen LogP contribution in [0.4, 0.5) is 5.69 Å². The molecule has 1 aliphatic heterocycles. The second-order valence-corrected chi connectivity index (χ2v) is 10.8. The first-order chi connectivity index (χ1) is 19.4. The van der Waals surface area contributed by atoms with Crippen molar-refractivity contribution < 1.29 is 0 Å². The number of rotatable bonds is 6. The van der Waals surface area contributed by atoms with Gasteiger partial charge in [-0.25, -0.2) is 0 Å². The molecule has 0 saturated heterocycles. The molecule has 0 aliphatic carbocycles. The van der Waals surface area contributed by atoms with Crippen LogP contribution in [0, 0.1) is 0 Å². The first-order valence-electron chi connectivity index (χ1n) is 12.5. The van der Waals surface area contributed by atoms with E-state index >= 15 is 0 Å². The second kappa shape index (κ2) is 9.98. The van der Waals surface area contributed by atoms with E-state index in [0.717, 1.165) is 39.5 Å². The normalized spacial score (nSPS) is 19.0. The van der Waals surface area contributed by atoms with Crippen molar-refractivity contribution in [2.45, 2.75) is 11.5 Å². The molecule has 1 aliphatic rings.